The molecule has 0 spiro atoms. The maximum absolute atomic E-state index is 12.5. The van der Waals surface area contributed by atoms with Crippen LogP contribution in [0.2, 0.25) is 0 Å². The Morgan fingerprint density at radius 2 is 0.667 bits per heavy atom. The van der Waals surface area contributed by atoms with E-state index in [4.69, 9.17) is 4.74 Å². The zero-order chi connectivity index (χ0) is 54.3. The van der Waals surface area contributed by atoms with Gasteiger partial charge in [0.15, 0.2) is 0 Å². The van der Waals surface area contributed by atoms with Crippen molar-refractivity contribution >= 4 is 11.9 Å². The van der Waals surface area contributed by atoms with Crippen molar-refractivity contribution in [3.05, 3.63) is 24.3 Å². The Morgan fingerprint density at radius 1 is 0.373 bits per heavy atom. The number of carbonyl (C=O) groups is 2. The number of aliphatic hydroxyl groups excluding tert-OH is 2. The molecule has 6 heteroatoms. The first-order chi connectivity index (χ1) is 37.0. The van der Waals surface area contributed by atoms with Crippen LogP contribution < -0.4 is 5.32 Å². The van der Waals surface area contributed by atoms with Crippen molar-refractivity contribution in [1.82, 2.24) is 5.32 Å². The van der Waals surface area contributed by atoms with Crippen LogP contribution in [0.15, 0.2) is 24.3 Å². The molecule has 0 aliphatic rings. The number of aliphatic hydroxyl groups is 2. The number of hydrogen-bond acceptors (Lipinski definition) is 5. The summed E-state index contributed by atoms with van der Waals surface area (Å²) in [5.41, 5.74) is 0. The number of rotatable bonds is 64. The third kappa shape index (κ3) is 61.4. The number of unbranched alkanes of at least 4 members (excludes halogenated alkanes) is 49. The van der Waals surface area contributed by atoms with Crippen LogP contribution in [0.1, 0.15) is 380 Å². The molecule has 0 unspecified atom stereocenters. The molecule has 75 heavy (non-hydrogen) atoms. The van der Waals surface area contributed by atoms with E-state index in [1.165, 1.54) is 295 Å². The third-order valence-electron chi connectivity index (χ3n) is 16.0. The van der Waals surface area contributed by atoms with E-state index < -0.39 is 12.1 Å². The molecule has 0 aliphatic heterocycles. The first-order valence-corrected chi connectivity index (χ1v) is 34.1. The molecule has 0 aromatic heterocycles. The van der Waals surface area contributed by atoms with Crippen LogP contribution in [0.25, 0.3) is 0 Å². The summed E-state index contributed by atoms with van der Waals surface area (Å²) in [7, 11) is 0. The standard InChI is InChI=1S/C69H133NO5/c1-3-5-7-9-11-13-15-17-33-37-41-45-49-53-57-61-67(72)66(65-71)70-68(73)62-58-54-50-46-42-38-35-31-29-27-25-23-21-19-20-22-24-26-28-30-32-36-40-44-48-52-56-60-64-75-69(74)63-59-55-51-47-43-39-34-18-16-14-12-10-8-6-4-2/h12,14,18,34,66-67,71-72H,3-11,13,15-17,19-33,35-65H2,1-2H3,(H,70,73)/b14-12-,34-18-/t66-,67+/m0/s1. The van der Waals surface area contributed by atoms with Crippen LogP contribution in [0.4, 0.5) is 0 Å². The van der Waals surface area contributed by atoms with E-state index in [2.05, 4.69) is 43.5 Å². The fraction of sp³-hybridized carbons (Fsp3) is 0.913. The number of carbonyl (C=O) groups excluding carboxylic acids is 2. The van der Waals surface area contributed by atoms with Gasteiger partial charge in [-0.1, -0.05) is 334 Å². The number of ether oxygens (including phenoxy) is 1. The van der Waals surface area contributed by atoms with Crippen LogP contribution in [-0.4, -0.2) is 47.4 Å². The highest BCUT2D eigenvalue weighted by Gasteiger charge is 2.20. The predicted octanol–water partition coefficient (Wildman–Crippen LogP) is 21.8. The summed E-state index contributed by atoms with van der Waals surface area (Å²) in [6.07, 6.45) is 80.7. The second-order valence-electron chi connectivity index (χ2n) is 23.5. The quantitative estimate of drug-likeness (QED) is 0.0320. The summed E-state index contributed by atoms with van der Waals surface area (Å²) in [6, 6.07) is -0.538. The van der Waals surface area contributed by atoms with Gasteiger partial charge in [0.1, 0.15) is 0 Å². The van der Waals surface area contributed by atoms with Crippen molar-refractivity contribution in [2.45, 2.75) is 392 Å². The molecule has 2 atom stereocenters. The summed E-state index contributed by atoms with van der Waals surface area (Å²) in [5.74, 6) is -0.0239. The largest absolute Gasteiger partial charge is 0.466 e. The molecular weight excluding hydrogens is 923 g/mol. The van der Waals surface area contributed by atoms with Gasteiger partial charge in [-0.25, -0.2) is 0 Å². The topological polar surface area (TPSA) is 95.9 Å². The summed E-state index contributed by atoms with van der Waals surface area (Å²) < 4.78 is 5.49. The van der Waals surface area contributed by atoms with Crippen LogP contribution in [0.3, 0.4) is 0 Å². The SMILES string of the molecule is CCCCC/C=C\C/C=C\CCCCCCCC(=O)OCCCCCCCCCCCCCCCCCCCCCCCCCCCCCCC(=O)N[C@@H](CO)[C@H](O)CCCCCCCCCCCCCCCCC. The number of amides is 1. The lowest BCUT2D eigenvalue weighted by Crippen LogP contribution is -2.45. The highest BCUT2D eigenvalue weighted by molar-refractivity contribution is 5.76. The van der Waals surface area contributed by atoms with Gasteiger partial charge in [-0.15, -0.1) is 0 Å². The van der Waals surface area contributed by atoms with Crippen molar-refractivity contribution < 1.29 is 24.5 Å². The van der Waals surface area contributed by atoms with Crippen LogP contribution in [0, 0.1) is 0 Å². The fourth-order valence-corrected chi connectivity index (χ4v) is 10.8. The minimum Gasteiger partial charge on any atom is -0.466 e. The minimum absolute atomic E-state index is 0.00530. The third-order valence-corrected chi connectivity index (χ3v) is 16.0. The van der Waals surface area contributed by atoms with Gasteiger partial charge in [-0.05, 0) is 57.8 Å². The fourth-order valence-electron chi connectivity index (χ4n) is 10.8. The molecule has 0 rings (SSSR count). The Labute approximate surface area is 469 Å². The van der Waals surface area contributed by atoms with Gasteiger partial charge < -0.3 is 20.3 Å². The van der Waals surface area contributed by atoms with Gasteiger partial charge in [0.2, 0.25) is 5.91 Å². The van der Waals surface area contributed by atoms with E-state index in [1.54, 1.807) is 0 Å². The maximum Gasteiger partial charge on any atom is 0.305 e. The molecule has 3 N–H and O–H groups in total. The highest BCUT2D eigenvalue weighted by Crippen LogP contribution is 2.19. The Balaban J connectivity index is 3.34. The maximum atomic E-state index is 12.5. The molecule has 0 radical (unpaired) electrons. The Morgan fingerprint density at radius 3 is 1.04 bits per heavy atom. The Kier molecular flexibility index (Phi) is 63.4. The van der Waals surface area contributed by atoms with Crippen LogP contribution in [0.5, 0.6) is 0 Å². The molecular formula is C69H133NO5. The van der Waals surface area contributed by atoms with Gasteiger partial charge in [-0.2, -0.15) is 0 Å². The number of allylic oxidation sites excluding steroid dienone is 4. The van der Waals surface area contributed by atoms with E-state index in [-0.39, 0.29) is 18.5 Å². The molecule has 0 aromatic carbocycles. The van der Waals surface area contributed by atoms with E-state index in [9.17, 15) is 19.8 Å². The average Bonchev–Trinajstić information content (AvgIpc) is 3.41. The lowest BCUT2D eigenvalue weighted by molar-refractivity contribution is -0.143. The van der Waals surface area contributed by atoms with Crippen LogP contribution >= 0.6 is 0 Å². The van der Waals surface area contributed by atoms with Crippen molar-refractivity contribution in [2.75, 3.05) is 13.2 Å². The minimum atomic E-state index is -0.661. The van der Waals surface area contributed by atoms with Crippen LogP contribution in [-0.2, 0) is 14.3 Å². The molecule has 0 heterocycles. The smallest absolute Gasteiger partial charge is 0.305 e. The average molecular weight is 1060 g/mol. The molecule has 6 nitrogen and oxygen atoms in total. The first kappa shape index (κ1) is 73.3. The number of esters is 1. The summed E-state index contributed by atoms with van der Waals surface area (Å²) in [4.78, 5) is 24.6. The lowest BCUT2D eigenvalue weighted by atomic mass is 10.0. The van der Waals surface area contributed by atoms with Gasteiger partial charge in [0.25, 0.3) is 0 Å². The molecule has 444 valence electrons. The molecule has 0 fully saturated rings. The number of nitrogens with one attached hydrogen (secondary N) is 1. The molecule has 0 saturated heterocycles. The second-order valence-corrected chi connectivity index (χ2v) is 23.5. The Bertz CT molecular complexity index is 1170. The Hall–Kier alpha value is -1.66. The lowest BCUT2D eigenvalue weighted by Gasteiger charge is -2.22. The van der Waals surface area contributed by atoms with Crippen molar-refractivity contribution in [1.29, 1.82) is 0 Å². The van der Waals surface area contributed by atoms with Gasteiger partial charge in [0, 0.05) is 12.8 Å². The molecule has 0 aliphatic carbocycles. The summed E-state index contributed by atoms with van der Waals surface area (Å²) in [6.45, 7) is 4.95. The summed E-state index contributed by atoms with van der Waals surface area (Å²) >= 11 is 0. The van der Waals surface area contributed by atoms with Crippen molar-refractivity contribution in [3.8, 4) is 0 Å². The van der Waals surface area contributed by atoms with Gasteiger partial charge in [-0.3, -0.25) is 9.59 Å². The molecule has 1 amide bonds. The van der Waals surface area contributed by atoms with Crippen molar-refractivity contribution in [2.24, 2.45) is 0 Å². The van der Waals surface area contributed by atoms with E-state index in [0.717, 1.165) is 51.4 Å². The highest BCUT2D eigenvalue weighted by atomic mass is 16.5. The predicted molar refractivity (Wildman–Crippen MR) is 329 cm³/mol. The molecule has 0 bridgehead atoms. The first-order valence-electron chi connectivity index (χ1n) is 34.1. The van der Waals surface area contributed by atoms with Crippen molar-refractivity contribution in [3.63, 3.8) is 0 Å². The van der Waals surface area contributed by atoms with Gasteiger partial charge in [0.05, 0.1) is 25.4 Å². The zero-order valence-corrected chi connectivity index (χ0v) is 50.8. The molecule has 0 aromatic rings. The zero-order valence-electron chi connectivity index (χ0n) is 50.8. The van der Waals surface area contributed by atoms with E-state index in [0.29, 0.717) is 25.9 Å². The normalized spacial score (nSPS) is 12.6. The second kappa shape index (κ2) is 64.9. The monoisotopic (exact) mass is 1060 g/mol. The van der Waals surface area contributed by atoms with E-state index >= 15 is 0 Å². The van der Waals surface area contributed by atoms with Gasteiger partial charge >= 0.3 is 5.97 Å². The number of hydrogen-bond donors (Lipinski definition) is 3. The summed E-state index contributed by atoms with van der Waals surface area (Å²) in [5, 5.41) is 23.3. The van der Waals surface area contributed by atoms with E-state index in [1.807, 2.05) is 0 Å². The molecule has 0 saturated carbocycles.